The predicted octanol–water partition coefficient (Wildman–Crippen LogP) is 2.51. The van der Waals surface area contributed by atoms with Crippen molar-refractivity contribution in [3.05, 3.63) is 47.8 Å². The first-order valence-electron chi connectivity index (χ1n) is 9.01. The van der Waals surface area contributed by atoms with Crippen LogP contribution in [0.25, 0.3) is 11.0 Å². The van der Waals surface area contributed by atoms with Crippen LogP contribution < -0.4 is 5.32 Å². The molecule has 0 spiro atoms. The van der Waals surface area contributed by atoms with Crippen LogP contribution in [0, 0.1) is 6.92 Å². The van der Waals surface area contributed by atoms with E-state index in [-0.39, 0.29) is 6.03 Å². The molecule has 7 heteroatoms. The lowest BCUT2D eigenvalue weighted by Gasteiger charge is -2.17. The summed E-state index contributed by atoms with van der Waals surface area (Å²) in [7, 11) is 1.80. The standard InChI is InChI=1S/C19H26N6O/c1-4-17-20-9-12-25(17)13-10-21-19(26)24(3)11-8-16-22-15-7-5-6-14(2)18(15)23-16/h5-7,9,12H,4,8,10-11,13H2,1-3H3,(H,21,26)(H,22,23). The minimum Gasteiger partial charge on any atom is -0.342 e. The number of fused-ring (bicyclic) bond motifs is 1. The Bertz CT molecular complexity index is 881. The molecule has 0 radical (unpaired) electrons. The summed E-state index contributed by atoms with van der Waals surface area (Å²) in [6.07, 6.45) is 5.32. The van der Waals surface area contributed by atoms with Crippen molar-refractivity contribution in [2.75, 3.05) is 20.1 Å². The van der Waals surface area contributed by atoms with Gasteiger partial charge in [0, 0.05) is 51.9 Å². The number of nitrogens with zero attached hydrogens (tertiary/aromatic N) is 4. The summed E-state index contributed by atoms with van der Waals surface area (Å²) in [4.78, 5) is 26.2. The van der Waals surface area contributed by atoms with Crippen LogP contribution in [0.5, 0.6) is 0 Å². The van der Waals surface area contributed by atoms with Gasteiger partial charge in [-0.25, -0.2) is 14.8 Å². The van der Waals surface area contributed by atoms with E-state index in [2.05, 4.69) is 44.7 Å². The quantitative estimate of drug-likeness (QED) is 0.684. The van der Waals surface area contributed by atoms with Gasteiger partial charge in [-0.05, 0) is 18.6 Å². The second-order valence-corrected chi connectivity index (χ2v) is 6.45. The van der Waals surface area contributed by atoms with Gasteiger partial charge in [-0.15, -0.1) is 0 Å². The summed E-state index contributed by atoms with van der Waals surface area (Å²) in [5.41, 5.74) is 3.20. The molecule has 0 aliphatic carbocycles. The first-order chi connectivity index (χ1) is 12.6. The number of H-pyrrole nitrogens is 1. The first-order valence-corrected chi connectivity index (χ1v) is 9.01. The fourth-order valence-electron chi connectivity index (χ4n) is 3.00. The molecular formula is C19H26N6O. The SMILES string of the molecule is CCc1nccn1CCNC(=O)N(C)CCc1nc2c(C)cccc2[nH]1. The molecule has 0 atom stereocenters. The van der Waals surface area contributed by atoms with Crippen molar-refractivity contribution in [1.29, 1.82) is 0 Å². The number of aromatic amines is 1. The van der Waals surface area contributed by atoms with E-state index in [1.165, 1.54) is 0 Å². The van der Waals surface area contributed by atoms with Gasteiger partial charge in [0.15, 0.2) is 0 Å². The normalized spacial score (nSPS) is 11.0. The Balaban J connectivity index is 1.47. The second-order valence-electron chi connectivity index (χ2n) is 6.45. The molecule has 3 rings (SSSR count). The summed E-state index contributed by atoms with van der Waals surface area (Å²) in [5.74, 6) is 1.94. The molecule has 2 heterocycles. The molecule has 0 aliphatic rings. The fourth-order valence-corrected chi connectivity index (χ4v) is 3.00. The molecule has 0 aliphatic heterocycles. The number of hydrogen-bond donors (Lipinski definition) is 2. The zero-order valence-electron chi connectivity index (χ0n) is 15.6. The van der Waals surface area contributed by atoms with E-state index in [9.17, 15) is 4.79 Å². The fraction of sp³-hybridized carbons (Fsp3) is 0.421. The Morgan fingerprint density at radius 3 is 3.00 bits per heavy atom. The van der Waals surface area contributed by atoms with Crippen molar-refractivity contribution in [3.63, 3.8) is 0 Å². The van der Waals surface area contributed by atoms with Crippen LogP contribution in [0.15, 0.2) is 30.6 Å². The number of aryl methyl sites for hydroxylation is 2. The Morgan fingerprint density at radius 1 is 1.38 bits per heavy atom. The lowest BCUT2D eigenvalue weighted by Crippen LogP contribution is -2.39. The Morgan fingerprint density at radius 2 is 2.23 bits per heavy atom. The number of amides is 2. The third-order valence-corrected chi connectivity index (χ3v) is 4.54. The van der Waals surface area contributed by atoms with Crippen molar-refractivity contribution >= 4 is 17.1 Å². The number of hydrogen-bond acceptors (Lipinski definition) is 3. The number of nitrogens with one attached hydrogen (secondary N) is 2. The number of urea groups is 1. The molecule has 7 nitrogen and oxygen atoms in total. The van der Waals surface area contributed by atoms with Crippen molar-refractivity contribution in [3.8, 4) is 0 Å². The average molecular weight is 354 g/mol. The summed E-state index contributed by atoms with van der Waals surface area (Å²) >= 11 is 0. The first kappa shape index (κ1) is 18.0. The van der Waals surface area contributed by atoms with E-state index in [4.69, 9.17) is 0 Å². The number of para-hydroxylation sites is 1. The number of imidazole rings is 2. The van der Waals surface area contributed by atoms with E-state index in [1.807, 2.05) is 18.3 Å². The highest BCUT2D eigenvalue weighted by Gasteiger charge is 2.10. The van der Waals surface area contributed by atoms with E-state index >= 15 is 0 Å². The Hall–Kier alpha value is -2.83. The number of carbonyl (C=O) groups is 1. The van der Waals surface area contributed by atoms with Gasteiger partial charge in [0.05, 0.1) is 11.0 Å². The highest BCUT2D eigenvalue weighted by Crippen LogP contribution is 2.15. The van der Waals surface area contributed by atoms with E-state index in [1.54, 1.807) is 18.1 Å². The van der Waals surface area contributed by atoms with Gasteiger partial charge >= 0.3 is 6.03 Å². The van der Waals surface area contributed by atoms with E-state index in [0.29, 0.717) is 19.5 Å². The Kier molecular flexibility index (Phi) is 5.55. The molecule has 0 unspecified atom stereocenters. The largest absolute Gasteiger partial charge is 0.342 e. The molecule has 138 valence electrons. The highest BCUT2D eigenvalue weighted by atomic mass is 16.2. The Labute approximate surface area is 153 Å². The van der Waals surface area contributed by atoms with Gasteiger partial charge in [0.2, 0.25) is 0 Å². The molecule has 2 aromatic heterocycles. The summed E-state index contributed by atoms with van der Waals surface area (Å²) in [6, 6.07) is 6.02. The van der Waals surface area contributed by atoms with Crippen molar-refractivity contribution in [1.82, 2.24) is 29.7 Å². The van der Waals surface area contributed by atoms with E-state index < -0.39 is 0 Å². The topological polar surface area (TPSA) is 78.8 Å². The number of benzene rings is 1. The number of likely N-dealkylation sites (N-methyl/N-ethyl adjacent to an activating group) is 1. The lowest BCUT2D eigenvalue weighted by atomic mass is 10.2. The summed E-state index contributed by atoms with van der Waals surface area (Å²) < 4.78 is 2.07. The minimum atomic E-state index is -0.0737. The van der Waals surface area contributed by atoms with Gasteiger partial charge in [-0.3, -0.25) is 0 Å². The maximum Gasteiger partial charge on any atom is 0.317 e. The van der Waals surface area contributed by atoms with Crippen molar-refractivity contribution in [2.45, 2.75) is 33.2 Å². The molecule has 3 aromatic rings. The highest BCUT2D eigenvalue weighted by molar-refractivity contribution is 5.78. The third-order valence-electron chi connectivity index (χ3n) is 4.54. The molecule has 0 saturated heterocycles. The average Bonchev–Trinajstić information content (AvgIpc) is 3.26. The monoisotopic (exact) mass is 354 g/mol. The van der Waals surface area contributed by atoms with Crippen LogP contribution in [0.3, 0.4) is 0 Å². The molecule has 2 amide bonds. The van der Waals surface area contributed by atoms with Crippen LogP contribution in [-0.2, 0) is 19.4 Å². The maximum atomic E-state index is 12.2. The molecule has 0 saturated carbocycles. The molecule has 1 aromatic carbocycles. The molecule has 2 N–H and O–H groups in total. The zero-order valence-corrected chi connectivity index (χ0v) is 15.6. The van der Waals surface area contributed by atoms with Crippen LogP contribution in [0.1, 0.15) is 24.1 Å². The van der Waals surface area contributed by atoms with Crippen LogP contribution in [-0.4, -0.2) is 50.6 Å². The van der Waals surface area contributed by atoms with Crippen LogP contribution in [0.2, 0.25) is 0 Å². The summed E-state index contributed by atoms with van der Waals surface area (Å²) in [6.45, 7) is 6.04. The van der Waals surface area contributed by atoms with Gasteiger partial charge < -0.3 is 19.8 Å². The maximum absolute atomic E-state index is 12.2. The molecule has 26 heavy (non-hydrogen) atoms. The number of aromatic nitrogens is 4. The second kappa shape index (κ2) is 8.03. The third kappa shape index (κ3) is 4.04. The van der Waals surface area contributed by atoms with Crippen LogP contribution in [0.4, 0.5) is 4.79 Å². The zero-order chi connectivity index (χ0) is 18.5. The summed E-state index contributed by atoms with van der Waals surface area (Å²) in [5, 5.41) is 2.95. The van der Waals surface area contributed by atoms with Crippen molar-refractivity contribution < 1.29 is 4.79 Å². The van der Waals surface area contributed by atoms with E-state index in [0.717, 1.165) is 41.2 Å². The molecule has 0 fully saturated rings. The van der Waals surface area contributed by atoms with Gasteiger partial charge in [-0.1, -0.05) is 19.1 Å². The van der Waals surface area contributed by atoms with Gasteiger partial charge in [0.1, 0.15) is 11.6 Å². The van der Waals surface area contributed by atoms with Gasteiger partial charge in [-0.2, -0.15) is 0 Å². The molecule has 0 bridgehead atoms. The van der Waals surface area contributed by atoms with Crippen LogP contribution >= 0.6 is 0 Å². The number of carbonyl (C=O) groups excluding carboxylic acids is 1. The van der Waals surface area contributed by atoms with Crippen molar-refractivity contribution in [2.24, 2.45) is 0 Å². The number of rotatable bonds is 7. The van der Waals surface area contributed by atoms with Gasteiger partial charge in [0.25, 0.3) is 0 Å². The molecular weight excluding hydrogens is 328 g/mol. The predicted molar refractivity (Wildman–Crippen MR) is 102 cm³/mol. The smallest absolute Gasteiger partial charge is 0.317 e. The minimum absolute atomic E-state index is 0.0737. The lowest BCUT2D eigenvalue weighted by molar-refractivity contribution is 0.208.